The molecule has 6 nitrogen and oxygen atoms in total. The number of fused-ring (bicyclic) bond motifs is 1. The fourth-order valence-corrected chi connectivity index (χ4v) is 4.06. The Hall–Kier alpha value is -1.47. The Morgan fingerprint density at radius 1 is 1.35 bits per heavy atom. The summed E-state index contributed by atoms with van der Waals surface area (Å²) in [6.07, 6.45) is 6.60. The van der Waals surface area contributed by atoms with Crippen molar-refractivity contribution in [2.75, 3.05) is 11.9 Å². The van der Waals surface area contributed by atoms with Crippen LogP contribution in [-0.4, -0.2) is 45.5 Å². The minimum atomic E-state index is -0.825. The fourth-order valence-electron chi connectivity index (χ4n) is 3.82. The zero-order valence-electron chi connectivity index (χ0n) is 12.7. The van der Waals surface area contributed by atoms with E-state index >= 15 is 0 Å². The lowest BCUT2D eigenvalue weighted by Gasteiger charge is -2.32. The van der Waals surface area contributed by atoms with Gasteiger partial charge in [0, 0.05) is 16.7 Å². The first-order chi connectivity index (χ1) is 11.0. The molecule has 0 bridgehead atoms. The molecule has 2 heterocycles. The molecule has 0 unspecified atom stereocenters. The number of carbonyl (C=O) groups excluding carboxylic acids is 1. The lowest BCUT2D eigenvalue weighted by Crippen LogP contribution is -2.46. The maximum Gasteiger partial charge on any atom is 0.320 e. The van der Waals surface area contributed by atoms with Crippen molar-refractivity contribution in [3.05, 3.63) is 22.8 Å². The number of hydrogen-bond acceptors (Lipinski definition) is 4. The van der Waals surface area contributed by atoms with Crippen LogP contribution in [0.15, 0.2) is 22.8 Å². The molecule has 1 aromatic heterocycles. The second-order valence-electron chi connectivity index (χ2n) is 6.28. The van der Waals surface area contributed by atoms with Gasteiger partial charge in [0.05, 0.1) is 6.54 Å². The van der Waals surface area contributed by atoms with Crippen molar-refractivity contribution < 1.29 is 14.7 Å². The first-order valence-corrected chi connectivity index (χ1v) is 8.74. The monoisotopic (exact) mass is 381 g/mol. The lowest BCUT2D eigenvalue weighted by atomic mass is 9.85. The summed E-state index contributed by atoms with van der Waals surface area (Å²) >= 11 is 3.30. The molecule has 3 rings (SSSR count). The number of rotatable bonds is 4. The summed E-state index contributed by atoms with van der Waals surface area (Å²) in [6, 6.07) is 3.18. The third-order valence-electron chi connectivity index (χ3n) is 4.83. The molecular formula is C16H20BrN3O3. The van der Waals surface area contributed by atoms with Gasteiger partial charge in [0.1, 0.15) is 11.9 Å². The number of aromatic nitrogens is 1. The Morgan fingerprint density at radius 2 is 2.13 bits per heavy atom. The molecule has 1 saturated carbocycles. The Labute approximate surface area is 143 Å². The summed E-state index contributed by atoms with van der Waals surface area (Å²) in [7, 11) is 0. The molecule has 1 aliphatic heterocycles. The van der Waals surface area contributed by atoms with Gasteiger partial charge in [0.25, 0.3) is 0 Å². The van der Waals surface area contributed by atoms with E-state index in [4.69, 9.17) is 0 Å². The first kappa shape index (κ1) is 16.4. The van der Waals surface area contributed by atoms with Crippen LogP contribution in [-0.2, 0) is 9.59 Å². The number of hydrogen-bond donors (Lipinski definition) is 2. The normalized spacial score (nSPS) is 27.4. The molecule has 1 aromatic rings. The van der Waals surface area contributed by atoms with Crippen molar-refractivity contribution in [1.29, 1.82) is 0 Å². The van der Waals surface area contributed by atoms with Gasteiger partial charge >= 0.3 is 5.97 Å². The van der Waals surface area contributed by atoms with Gasteiger partial charge in [0.15, 0.2) is 0 Å². The van der Waals surface area contributed by atoms with Crippen LogP contribution in [0.1, 0.15) is 32.1 Å². The molecule has 124 valence electrons. The molecule has 2 N–H and O–H groups in total. The van der Waals surface area contributed by atoms with Crippen LogP contribution in [0.25, 0.3) is 0 Å². The van der Waals surface area contributed by atoms with Gasteiger partial charge in [-0.25, -0.2) is 4.98 Å². The summed E-state index contributed by atoms with van der Waals surface area (Å²) in [4.78, 5) is 29.8. The number of carboxylic acids is 1. The summed E-state index contributed by atoms with van der Waals surface area (Å²) in [5.41, 5.74) is 0. The standard InChI is InChI=1S/C16H20BrN3O3/c17-11-5-6-14(18-8-11)19-15(21)9-20-12-4-2-1-3-10(12)7-13(20)16(22)23/h5-6,8,10,12-13H,1-4,7,9H2,(H,22,23)(H,18,19,21)/t10-,12-,13-/m0/s1. The van der Waals surface area contributed by atoms with Gasteiger partial charge in [-0.1, -0.05) is 12.8 Å². The van der Waals surface area contributed by atoms with Crippen LogP contribution in [0.5, 0.6) is 0 Å². The van der Waals surface area contributed by atoms with Gasteiger partial charge in [-0.15, -0.1) is 0 Å². The highest BCUT2D eigenvalue weighted by Crippen LogP contribution is 2.39. The van der Waals surface area contributed by atoms with Gasteiger partial charge in [-0.2, -0.15) is 0 Å². The summed E-state index contributed by atoms with van der Waals surface area (Å²) in [5, 5.41) is 12.2. The molecule has 7 heteroatoms. The van der Waals surface area contributed by atoms with E-state index in [0.717, 1.165) is 30.2 Å². The van der Waals surface area contributed by atoms with Crippen molar-refractivity contribution in [2.45, 2.75) is 44.2 Å². The van der Waals surface area contributed by atoms with Crippen LogP contribution >= 0.6 is 15.9 Å². The third-order valence-corrected chi connectivity index (χ3v) is 5.30. The highest BCUT2D eigenvalue weighted by Gasteiger charge is 2.45. The first-order valence-electron chi connectivity index (χ1n) is 7.94. The molecule has 0 aromatic carbocycles. The topological polar surface area (TPSA) is 82.5 Å². The highest BCUT2D eigenvalue weighted by atomic mass is 79.9. The zero-order chi connectivity index (χ0) is 16.4. The van der Waals surface area contributed by atoms with Gasteiger partial charge in [0.2, 0.25) is 5.91 Å². The quantitative estimate of drug-likeness (QED) is 0.836. The minimum Gasteiger partial charge on any atom is -0.480 e. The summed E-state index contributed by atoms with van der Waals surface area (Å²) in [6.45, 7) is 0.107. The van der Waals surface area contributed by atoms with Crippen LogP contribution in [0, 0.1) is 5.92 Å². The molecule has 1 aliphatic carbocycles. The van der Waals surface area contributed by atoms with Crippen molar-refractivity contribution >= 4 is 33.6 Å². The molecule has 23 heavy (non-hydrogen) atoms. The number of carbonyl (C=O) groups is 2. The van der Waals surface area contributed by atoms with E-state index in [2.05, 4.69) is 26.2 Å². The van der Waals surface area contributed by atoms with Gasteiger partial charge < -0.3 is 10.4 Å². The van der Waals surface area contributed by atoms with Gasteiger partial charge in [-0.3, -0.25) is 14.5 Å². The number of anilines is 1. The number of halogens is 1. The molecule has 2 aliphatic rings. The molecular weight excluding hydrogens is 362 g/mol. The Balaban J connectivity index is 1.67. The molecule has 0 spiro atoms. The third kappa shape index (κ3) is 3.72. The lowest BCUT2D eigenvalue weighted by molar-refractivity contribution is -0.143. The van der Waals surface area contributed by atoms with E-state index in [1.54, 1.807) is 18.3 Å². The molecule has 0 radical (unpaired) electrons. The van der Waals surface area contributed by atoms with Crippen LogP contribution in [0.4, 0.5) is 5.82 Å². The smallest absolute Gasteiger partial charge is 0.320 e. The summed E-state index contributed by atoms with van der Waals surface area (Å²) < 4.78 is 0.839. The molecule has 1 saturated heterocycles. The van der Waals surface area contributed by atoms with E-state index in [1.807, 2.05) is 4.90 Å². The second-order valence-corrected chi connectivity index (χ2v) is 7.20. The van der Waals surface area contributed by atoms with E-state index in [1.165, 1.54) is 0 Å². The fraction of sp³-hybridized carbons (Fsp3) is 0.562. The molecule has 3 atom stereocenters. The number of pyridine rings is 1. The van der Waals surface area contributed by atoms with E-state index < -0.39 is 12.0 Å². The van der Waals surface area contributed by atoms with E-state index in [0.29, 0.717) is 18.2 Å². The Bertz CT molecular complexity index is 593. The number of nitrogens with one attached hydrogen (secondary N) is 1. The maximum absolute atomic E-state index is 12.3. The number of aliphatic carboxylic acids is 1. The number of carboxylic acid groups (broad SMARTS) is 1. The number of likely N-dealkylation sites (tertiary alicyclic amines) is 1. The maximum atomic E-state index is 12.3. The SMILES string of the molecule is O=C(CN1[C@H](C(=O)O)C[C@@H]2CCCC[C@@H]21)Nc1ccc(Br)cn1. The Morgan fingerprint density at radius 3 is 2.83 bits per heavy atom. The van der Waals surface area contributed by atoms with Crippen molar-refractivity contribution in [1.82, 2.24) is 9.88 Å². The van der Waals surface area contributed by atoms with E-state index in [9.17, 15) is 14.7 Å². The number of nitrogens with zero attached hydrogens (tertiary/aromatic N) is 2. The average molecular weight is 382 g/mol. The summed E-state index contributed by atoms with van der Waals surface area (Å²) in [5.74, 6) is -0.154. The second kappa shape index (κ2) is 6.97. The van der Waals surface area contributed by atoms with Crippen molar-refractivity contribution in [3.63, 3.8) is 0 Å². The van der Waals surface area contributed by atoms with Crippen molar-refractivity contribution in [3.8, 4) is 0 Å². The molecule has 1 amide bonds. The van der Waals surface area contributed by atoms with Crippen LogP contribution in [0.3, 0.4) is 0 Å². The Kier molecular flexibility index (Phi) is 4.96. The zero-order valence-corrected chi connectivity index (χ0v) is 14.3. The predicted octanol–water partition coefficient (Wildman–Crippen LogP) is 2.50. The highest BCUT2D eigenvalue weighted by molar-refractivity contribution is 9.10. The average Bonchev–Trinajstić information content (AvgIpc) is 2.89. The van der Waals surface area contributed by atoms with Crippen LogP contribution < -0.4 is 5.32 Å². The van der Waals surface area contributed by atoms with Crippen molar-refractivity contribution in [2.24, 2.45) is 5.92 Å². The minimum absolute atomic E-state index is 0.107. The molecule has 2 fully saturated rings. The van der Waals surface area contributed by atoms with Gasteiger partial charge in [-0.05, 0) is 53.2 Å². The predicted molar refractivity (Wildman–Crippen MR) is 89.1 cm³/mol. The van der Waals surface area contributed by atoms with E-state index in [-0.39, 0.29) is 18.5 Å². The number of amides is 1. The van der Waals surface area contributed by atoms with Crippen LogP contribution in [0.2, 0.25) is 0 Å². The largest absolute Gasteiger partial charge is 0.480 e.